The van der Waals surface area contributed by atoms with Crippen LogP contribution in [0.25, 0.3) is 0 Å². The number of hydrogen-bond donors (Lipinski definition) is 2. The number of nitrogens with one attached hydrogen (secondary N) is 1. The molecule has 10 heteroatoms. The van der Waals surface area contributed by atoms with Crippen molar-refractivity contribution in [1.29, 1.82) is 0 Å². The van der Waals surface area contributed by atoms with E-state index < -0.39 is 5.91 Å². The summed E-state index contributed by atoms with van der Waals surface area (Å²) in [6.45, 7) is 0.381. The van der Waals surface area contributed by atoms with Crippen molar-refractivity contribution >= 4 is 29.3 Å². The number of hydrogen-bond acceptors (Lipinski definition) is 7. The lowest BCUT2D eigenvalue weighted by molar-refractivity contribution is -0.118. The third-order valence-corrected chi connectivity index (χ3v) is 5.71. The number of aryl methyl sites for hydroxylation is 1. The van der Waals surface area contributed by atoms with Gasteiger partial charge in [0.25, 0.3) is 0 Å². The zero-order valence-corrected chi connectivity index (χ0v) is 19.0. The first-order chi connectivity index (χ1) is 16.6. The maximum absolute atomic E-state index is 12.7. The number of carbonyl (C=O) groups is 2. The van der Waals surface area contributed by atoms with Crippen LogP contribution in [-0.4, -0.2) is 32.3 Å². The van der Waals surface area contributed by atoms with E-state index in [9.17, 15) is 9.59 Å². The van der Waals surface area contributed by atoms with Crippen LogP contribution in [0, 0.1) is 0 Å². The van der Waals surface area contributed by atoms with Crippen molar-refractivity contribution in [2.75, 3.05) is 11.1 Å². The van der Waals surface area contributed by atoms with Crippen LogP contribution in [0.2, 0.25) is 0 Å². The Morgan fingerprint density at radius 2 is 1.82 bits per heavy atom. The number of primary amides is 1. The second kappa shape index (κ2) is 11.2. The second-order valence-electron chi connectivity index (χ2n) is 7.28. The molecule has 2 amide bonds. The van der Waals surface area contributed by atoms with Crippen LogP contribution in [-0.2, 0) is 22.6 Å². The molecule has 0 atom stereocenters. The topological polar surface area (TPSA) is 125 Å². The summed E-state index contributed by atoms with van der Waals surface area (Å²) in [7, 11) is 0. The van der Waals surface area contributed by atoms with Gasteiger partial charge in [0.2, 0.25) is 11.8 Å². The van der Waals surface area contributed by atoms with Gasteiger partial charge in [0.15, 0.2) is 10.9 Å². The lowest BCUT2D eigenvalue weighted by Crippen LogP contribution is -2.16. The summed E-state index contributed by atoms with van der Waals surface area (Å²) >= 11 is 1.24. The molecule has 0 spiro atoms. The van der Waals surface area contributed by atoms with Crippen molar-refractivity contribution in [3.8, 4) is 11.5 Å². The predicted molar refractivity (Wildman–Crippen MR) is 128 cm³/mol. The summed E-state index contributed by atoms with van der Waals surface area (Å²) in [4.78, 5) is 23.9. The summed E-state index contributed by atoms with van der Waals surface area (Å²) < 4.78 is 13.2. The van der Waals surface area contributed by atoms with Crippen LogP contribution in [0.15, 0.2) is 82.6 Å². The number of aromatic nitrogens is 3. The fraction of sp³-hybridized carbons (Fsp3) is 0.167. The van der Waals surface area contributed by atoms with Gasteiger partial charge >= 0.3 is 0 Å². The molecule has 0 aliphatic carbocycles. The van der Waals surface area contributed by atoms with E-state index in [0.717, 1.165) is 0 Å². The van der Waals surface area contributed by atoms with Crippen LogP contribution in [0.4, 0.5) is 5.69 Å². The first kappa shape index (κ1) is 23.1. The fourth-order valence-corrected chi connectivity index (χ4v) is 3.91. The third-order valence-electron chi connectivity index (χ3n) is 4.75. The largest absolute Gasteiger partial charge is 0.467 e. The monoisotopic (exact) mass is 477 g/mol. The number of amides is 2. The molecule has 0 aliphatic heterocycles. The van der Waals surface area contributed by atoms with Crippen LogP contribution in [0.1, 0.15) is 18.0 Å². The van der Waals surface area contributed by atoms with E-state index in [1.54, 1.807) is 24.5 Å². The number of anilines is 1. The number of rotatable bonds is 11. The van der Waals surface area contributed by atoms with Gasteiger partial charge in [0, 0.05) is 12.8 Å². The lowest BCUT2D eigenvalue weighted by atomic mass is 10.3. The number of ether oxygens (including phenoxy) is 1. The molecule has 34 heavy (non-hydrogen) atoms. The van der Waals surface area contributed by atoms with Gasteiger partial charge in [0.1, 0.15) is 17.3 Å². The summed E-state index contributed by atoms with van der Waals surface area (Å²) in [5.74, 6) is 1.98. The van der Waals surface area contributed by atoms with E-state index >= 15 is 0 Å². The highest BCUT2D eigenvalue weighted by Crippen LogP contribution is 2.29. The van der Waals surface area contributed by atoms with Gasteiger partial charge in [-0.3, -0.25) is 14.2 Å². The molecule has 9 nitrogen and oxygen atoms in total. The van der Waals surface area contributed by atoms with Crippen molar-refractivity contribution in [3.63, 3.8) is 0 Å². The van der Waals surface area contributed by atoms with Gasteiger partial charge in [-0.2, -0.15) is 0 Å². The predicted octanol–water partition coefficient (Wildman–Crippen LogP) is 3.86. The Kier molecular flexibility index (Phi) is 7.61. The first-order valence-electron chi connectivity index (χ1n) is 10.6. The number of benzene rings is 2. The average Bonchev–Trinajstić information content (AvgIpc) is 3.49. The van der Waals surface area contributed by atoms with Gasteiger partial charge in [0.05, 0.1) is 24.2 Å². The molecule has 0 saturated heterocycles. The van der Waals surface area contributed by atoms with E-state index in [4.69, 9.17) is 14.9 Å². The van der Waals surface area contributed by atoms with E-state index in [-0.39, 0.29) is 18.1 Å². The SMILES string of the molecule is NC(=O)CCc1nnc(SCC(=O)Nc2ccccc2Oc2ccccc2)n1Cc1ccco1. The quantitative estimate of drug-likeness (QED) is 0.314. The fourth-order valence-electron chi connectivity index (χ4n) is 3.15. The highest BCUT2D eigenvalue weighted by Gasteiger charge is 2.17. The van der Waals surface area contributed by atoms with Gasteiger partial charge < -0.3 is 20.2 Å². The molecule has 0 fully saturated rings. The molecule has 3 N–H and O–H groups in total. The molecular formula is C24H23N5O4S. The smallest absolute Gasteiger partial charge is 0.234 e. The Morgan fingerprint density at radius 3 is 2.59 bits per heavy atom. The minimum absolute atomic E-state index is 0.103. The van der Waals surface area contributed by atoms with Crippen molar-refractivity contribution in [2.45, 2.75) is 24.5 Å². The first-order valence-corrected chi connectivity index (χ1v) is 11.5. The van der Waals surface area contributed by atoms with Gasteiger partial charge in [-0.05, 0) is 36.4 Å². The summed E-state index contributed by atoms with van der Waals surface area (Å²) in [6.07, 6.45) is 2.08. The molecule has 4 aromatic rings. The maximum atomic E-state index is 12.7. The average molecular weight is 478 g/mol. The molecule has 2 aromatic carbocycles. The molecule has 0 saturated carbocycles. The summed E-state index contributed by atoms with van der Waals surface area (Å²) in [5.41, 5.74) is 5.85. The third kappa shape index (κ3) is 6.26. The summed E-state index contributed by atoms with van der Waals surface area (Å²) in [5, 5.41) is 11.8. The lowest BCUT2D eigenvalue weighted by Gasteiger charge is -2.12. The number of nitrogens with zero attached hydrogens (tertiary/aromatic N) is 3. The Balaban J connectivity index is 1.42. The Hall–Kier alpha value is -4.05. The molecule has 2 aromatic heterocycles. The van der Waals surface area contributed by atoms with Crippen molar-refractivity contribution in [3.05, 3.63) is 84.6 Å². The molecule has 0 unspecified atom stereocenters. The van der Waals surface area contributed by atoms with Crippen LogP contribution in [0.3, 0.4) is 0 Å². The standard InChI is InChI=1S/C24H23N5O4S/c25-21(30)12-13-22-27-28-24(29(22)15-18-9-6-14-32-18)34-16-23(31)26-19-10-4-5-11-20(19)33-17-7-2-1-3-8-17/h1-11,14H,12-13,15-16H2,(H2,25,30)(H,26,31). The minimum atomic E-state index is -0.419. The molecular weight excluding hydrogens is 454 g/mol. The van der Waals surface area contributed by atoms with E-state index in [1.807, 2.05) is 53.1 Å². The number of nitrogens with two attached hydrogens (primary N) is 1. The zero-order valence-electron chi connectivity index (χ0n) is 18.2. The normalized spacial score (nSPS) is 10.7. The van der Waals surface area contributed by atoms with Gasteiger partial charge in [-0.15, -0.1) is 10.2 Å². The molecule has 0 aliphatic rings. The van der Waals surface area contributed by atoms with Crippen molar-refractivity contribution < 1.29 is 18.7 Å². The highest BCUT2D eigenvalue weighted by molar-refractivity contribution is 7.99. The highest BCUT2D eigenvalue weighted by atomic mass is 32.2. The van der Waals surface area contributed by atoms with Crippen molar-refractivity contribution in [2.24, 2.45) is 5.73 Å². The molecule has 4 rings (SSSR count). The van der Waals surface area contributed by atoms with E-state index in [1.165, 1.54) is 11.8 Å². The van der Waals surface area contributed by atoms with Gasteiger partial charge in [-0.1, -0.05) is 42.1 Å². The minimum Gasteiger partial charge on any atom is -0.467 e. The molecule has 2 heterocycles. The van der Waals surface area contributed by atoms with Crippen LogP contribution in [0.5, 0.6) is 11.5 Å². The number of carbonyl (C=O) groups excluding carboxylic acids is 2. The molecule has 0 bridgehead atoms. The molecule has 0 radical (unpaired) electrons. The second-order valence-corrected chi connectivity index (χ2v) is 8.22. The Morgan fingerprint density at radius 1 is 1.03 bits per heavy atom. The number of furan rings is 1. The van der Waals surface area contributed by atoms with Crippen LogP contribution < -0.4 is 15.8 Å². The molecule has 174 valence electrons. The van der Waals surface area contributed by atoms with E-state index in [2.05, 4.69) is 15.5 Å². The van der Waals surface area contributed by atoms with Crippen LogP contribution >= 0.6 is 11.8 Å². The van der Waals surface area contributed by atoms with Gasteiger partial charge in [-0.25, -0.2) is 0 Å². The maximum Gasteiger partial charge on any atom is 0.234 e. The van der Waals surface area contributed by atoms with E-state index in [0.29, 0.717) is 46.9 Å². The number of para-hydroxylation sites is 3. The zero-order chi connectivity index (χ0) is 23.8. The number of thioether (sulfide) groups is 1. The Labute approximate surface area is 200 Å². The summed E-state index contributed by atoms with van der Waals surface area (Å²) in [6, 6.07) is 20.2. The van der Waals surface area contributed by atoms with Crippen molar-refractivity contribution in [1.82, 2.24) is 14.8 Å². The Bertz CT molecular complexity index is 1240.